The molecule has 1 heterocycles. The predicted molar refractivity (Wildman–Crippen MR) is 62.8 cm³/mol. The molecule has 0 unspecified atom stereocenters. The number of hydrogen-bond donors (Lipinski definition) is 0. The monoisotopic (exact) mass is 234 g/mol. The van der Waals surface area contributed by atoms with Crippen LogP contribution >= 0.6 is 11.6 Å². The summed E-state index contributed by atoms with van der Waals surface area (Å²) in [7, 11) is 0. The summed E-state index contributed by atoms with van der Waals surface area (Å²) in [5.41, 5.74) is 1.73. The topological polar surface area (TPSA) is 34.9 Å². The largest absolute Gasteiger partial charge is 0.294 e. The average molecular weight is 235 g/mol. The van der Waals surface area contributed by atoms with E-state index in [1.54, 1.807) is 17.1 Å². The highest BCUT2D eigenvalue weighted by molar-refractivity contribution is 6.30. The summed E-state index contributed by atoms with van der Waals surface area (Å²) in [5, 5.41) is 4.83. The first kappa shape index (κ1) is 10.9. The maximum absolute atomic E-state index is 11.1. The Labute approximate surface area is 98.7 Å². The van der Waals surface area contributed by atoms with Gasteiger partial charge in [-0.3, -0.25) is 9.48 Å². The summed E-state index contributed by atoms with van der Waals surface area (Å²) in [6.07, 6.45) is 3.33. The van der Waals surface area contributed by atoms with E-state index < -0.39 is 0 Å². The van der Waals surface area contributed by atoms with Gasteiger partial charge in [0.1, 0.15) is 0 Å². The van der Waals surface area contributed by atoms with E-state index >= 15 is 0 Å². The standard InChI is InChI=1S/C12H11ClN2O/c1-9(16)11-6-14-15(8-11)7-10-2-4-12(13)5-3-10/h2-6,8H,7H2,1H3. The van der Waals surface area contributed by atoms with Crippen LogP contribution in [0, 0.1) is 0 Å². The van der Waals surface area contributed by atoms with Crippen molar-refractivity contribution in [2.45, 2.75) is 13.5 Å². The van der Waals surface area contributed by atoms with Gasteiger partial charge in [0.15, 0.2) is 5.78 Å². The average Bonchev–Trinajstić information content (AvgIpc) is 2.70. The number of halogens is 1. The zero-order valence-corrected chi connectivity index (χ0v) is 9.61. The number of ketones is 1. The molecule has 0 fully saturated rings. The molecule has 2 rings (SSSR count). The summed E-state index contributed by atoms with van der Waals surface area (Å²) < 4.78 is 1.74. The second-order valence-corrected chi connectivity index (χ2v) is 4.05. The highest BCUT2D eigenvalue weighted by Crippen LogP contribution is 2.10. The normalized spacial score (nSPS) is 10.4. The zero-order chi connectivity index (χ0) is 11.5. The Hall–Kier alpha value is -1.61. The lowest BCUT2D eigenvalue weighted by Crippen LogP contribution is -1.99. The molecular formula is C12H11ClN2O. The third-order valence-corrected chi connectivity index (χ3v) is 2.55. The van der Waals surface area contributed by atoms with Crippen molar-refractivity contribution in [3.8, 4) is 0 Å². The van der Waals surface area contributed by atoms with Crippen LogP contribution in [0.1, 0.15) is 22.8 Å². The van der Waals surface area contributed by atoms with Crippen LogP contribution < -0.4 is 0 Å². The van der Waals surface area contributed by atoms with Gasteiger partial charge in [0.2, 0.25) is 0 Å². The van der Waals surface area contributed by atoms with Crippen LogP contribution in [0.25, 0.3) is 0 Å². The van der Waals surface area contributed by atoms with E-state index in [4.69, 9.17) is 11.6 Å². The molecule has 0 bridgehead atoms. The van der Waals surface area contributed by atoms with Crippen molar-refractivity contribution >= 4 is 17.4 Å². The quantitative estimate of drug-likeness (QED) is 0.766. The minimum atomic E-state index is 0.0300. The molecule has 0 aliphatic heterocycles. The number of carbonyl (C=O) groups is 1. The lowest BCUT2D eigenvalue weighted by atomic mass is 10.2. The maximum atomic E-state index is 11.1. The molecule has 1 aromatic heterocycles. The molecule has 16 heavy (non-hydrogen) atoms. The molecular weight excluding hydrogens is 224 g/mol. The van der Waals surface area contributed by atoms with Crippen LogP contribution in [0.15, 0.2) is 36.7 Å². The van der Waals surface area contributed by atoms with Crippen LogP contribution in [0.2, 0.25) is 5.02 Å². The van der Waals surface area contributed by atoms with Crippen LogP contribution in [0.5, 0.6) is 0 Å². The lowest BCUT2D eigenvalue weighted by Gasteiger charge is -2.01. The van der Waals surface area contributed by atoms with Gasteiger partial charge in [-0.2, -0.15) is 5.10 Å². The summed E-state index contributed by atoms with van der Waals surface area (Å²) in [5.74, 6) is 0.0300. The molecule has 82 valence electrons. The Kier molecular flexibility index (Phi) is 3.06. The minimum Gasteiger partial charge on any atom is -0.294 e. The highest BCUT2D eigenvalue weighted by Gasteiger charge is 2.03. The van der Waals surface area contributed by atoms with Crippen molar-refractivity contribution in [3.63, 3.8) is 0 Å². The number of rotatable bonds is 3. The van der Waals surface area contributed by atoms with E-state index in [9.17, 15) is 4.79 Å². The number of aromatic nitrogens is 2. The van der Waals surface area contributed by atoms with Crippen molar-refractivity contribution in [1.29, 1.82) is 0 Å². The van der Waals surface area contributed by atoms with Crippen LogP contribution in [-0.4, -0.2) is 15.6 Å². The number of Topliss-reactive ketones (excluding diaryl/α,β-unsaturated/α-hetero) is 1. The van der Waals surface area contributed by atoms with Crippen molar-refractivity contribution in [2.24, 2.45) is 0 Å². The van der Waals surface area contributed by atoms with E-state index in [1.165, 1.54) is 6.92 Å². The highest BCUT2D eigenvalue weighted by atomic mass is 35.5. The van der Waals surface area contributed by atoms with E-state index in [0.29, 0.717) is 17.1 Å². The SMILES string of the molecule is CC(=O)c1cnn(Cc2ccc(Cl)cc2)c1. The molecule has 0 radical (unpaired) electrons. The number of carbonyl (C=O) groups excluding carboxylic acids is 1. The first-order valence-corrected chi connectivity index (χ1v) is 5.31. The van der Waals surface area contributed by atoms with Crippen molar-refractivity contribution in [2.75, 3.05) is 0 Å². The van der Waals surface area contributed by atoms with Gasteiger partial charge in [-0.1, -0.05) is 23.7 Å². The minimum absolute atomic E-state index is 0.0300. The Bertz CT molecular complexity index is 502. The number of hydrogen-bond acceptors (Lipinski definition) is 2. The molecule has 0 N–H and O–H groups in total. The molecule has 0 atom stereocenters. The number of benzene rings is 1. The summed E-state index contributed by atoms with van der Waals surface area (Å²) in [6.45, 7) is 2.17. The molecule has 3 nitrogen and oxygen atoms in total. The second kappa shape index (κ2) is 4.49. The smallest absolute Gasteiger partial charge is 0.162 e. The molecule has 0 aliphatic rings. The molecule has 0 saturated heterocycles. The van der Waals surface area contributed by atoms with E-state index in [2.05, 4.69) is 5.10 Å². The Balaban J connectivity index is 2.14. The van der Waals surface area contributed by atoms with Crippen molar-refractivity contribution in [1.82, 2.24) is 9.78 Å². The Morgan fingerprint density at radius 3 is 2.62 bits per heavy atom. The lowest BCUT2D eigenvalue weighted by molar-refractivity contribution is 0.101. The molecule has 2 aromatic rings. The van der Waals surface area contributed by atoms with Gasteiger partial charge >= 0.3 is 0 Å². The van der Waals surface area contributed by atoms with Crippen molar-refractivity contribution in [3.05, 3.63) is 52.8 Å². The van der Waals surface area contributed by atoms with Gasteiger partial charge in [0.05, 0.1) is 18.3 Å². The fourth-order valence-corrected chi connectivity index (χ4v) is 1.53. The summed E-state index contributed by atoms with van der Waals surface area (Å²) in [4.78, 5) is 11.1. The zero-order valence-electron chi connectivity index (χ0n) is 8.85. The second-order valence-electron chi connectivity index (χ2n) is 3.61. The first-order chi connectivity index (χ1) is 7.65. The molecule has 0 saturated carbocycles. The van der Waals surface area contributed by atoms with Gasteiger partial charge in [0, 0.05) is 11.2 Å². The Morgan fingerprint density at radius 1 is 1.38 bits per heavy atom. The van der Waals surface area contributed by atoms with Gasteiger partial charge < -0.3 is 0 Å². The molecule has 0 spiro atoms. The van der Waals surface area contributed by atoms with Crippen LogP contribution in [0.4, 0.5) is 0 Å². The van der Waals surface area contributed by atoms with Crippen molar-refractivity contribution < 1.29 is 4.79 Å². The van der Waals surface area contributed by atoms with Crippen LogP contribution in [-0.2, 0) is 6.54 Å². The number of nitrogens with zero attached hydrogens (tertiary/aromatic N) is 2. The molecule has 1 aromatic carbocycles. The predicted octanol–water partition coefficient (Wildman–Crippen LogP) is 2.79. The van der Waals surface area contributed by atoms with E-state index in [1.807, 2.05) is 24.3 Å². The van der Waals surface area contributed by atoms with Gasteiger partial charge in [0.25, 0.3) is 0 Å². The maximum Gasteiger partial charge on any atom is 0.162 e. The summed E-state index contributed by atoms with van der Waals surface area (Å²) in [6, 6.07) is 7.56. The molecule has 0 amide bonds. The van der Waals surface area contributed by atoms with E-state index in [0.717, 1.165) is 5.56 Å². The van der Waals surface area contributed by atoms with E-state index in [-0.39, 0.29) is 5.78 Å². The molecule has 4 heteroatoms. The third-order valence-electron chi connectivity index (χ3n) is 2.30. The van der Waals surface area contributed by atoms with Crippen LogP contribution in [0.3, 0.4) is 0 Å². The van der Waals surface area contributed by atoms with Gasteiger partial charge in [-0.15, -0.1) is 0 Å². The van der Waals surface area contributed by atoms with Gasteiger partial charge in [-0.25, -0.2) is 0 Å². The third kappa shape index (κ3) is 2.49. The fraction of sp³-hybridized carbons (Fsp3) is 0.167. The molecule has 0 aliphatic carbocycles. The van der Waals surface area contributed by atoms with Gasteiger partial charge in [-0.05, 0) is 24.6 Å². The Morgan fingerprint density at radius 2 is 2.06 bits per heavy atom. The first-order valence-electron chi connectivity index (χ1n) is 4.93. The fourth-order valence-electron chi connectivity index (χ4n) is 1.41. The summed E-state index contributed by atoms with van der Waals surface area (Å²) >= 11 is 5.79.